The second-order valence-corrected chi connectivity index (χ2v) is 8.91. The number of halogens is 2. The summed E-state index contributed by atoms with van der Waals surface area (Å²) < 4.78 is 0. The first-order chi connectivity index (χ1) is 11.4. The van der Waals surface area contributed by atoms with Crippen LogP contribution in [-0.4, -0.2) is 59.5 Å². The summed E-state index contributed by atoms with van der Waals surface area (Å²) in [6, 6.07) is 0.404. The summed E-state index contributed by atoms with van der Waals surface area (Å²) in [5.41, 5.74) is 1.29. The minimum absolute atomic E-state index is 0. The van der Waals surface area contributed by atoms with Gasteiger partial charge in [-0.15, -0.1) is 36.2 Å². The molecule has 1 N–H and O–H groups in total. The monoisotopic (exact) mass is 422 g/mol. The average Bonchev–Trinajstić information content (AvgIpc) is 3.19. The van der Waals surface area contributed by atoms with Gasteiger partial charge in [-0.2, -0.15) is 0 Å². The highest BCUT2D eigenvalue weighted by Gasteiger charge is 2.25. The lowest BCUT2D eigenvalue weighted by Gasteiger charge is -2.35. The minimum atomic E-state index is 0. The fraction of sp³-hybridized carbons (Fsp3) is 0.778. The van der Waals surface area contributed by atoms with Gasteiger partial charge in [-0.3, -0.25) is 9.69 Å². The number of rotatable bonds is 4. The van der Waals surface area contributed by atoms with Crippen molar-refractivity contribution in [2.24, 2.45) is 0 Å². The number of amides is 1. The van der Waals surface area contributed by atoms with Gasteiger partial charge in [-0.1, -0.05) is 20.8 Å². The van der Waals surface area contributed by atoms with E-state index < -0.39 is 0 Å². The molecule has 5 nitrogen and oxygen atoms in total. The fourth-order valence-electron chi connectivity index (χ4n) is 3.38. The largest absolute Gasteiger partial charge is 0.340 e. The van der Waals surface area contributed by atoms with Crippen LogP contribution in [0, 0.1) is 0 Å². The Labute approximate surface area is 173 Å². The molecule has 1 aromatic rings. The van der Waals surface area contributed by atoms with E-state index in [1.54, 1.807) is 11.3 Å². The van der Waals surface area contributed by atoms with Crippen molar-refractivity contribution in [3.8, 4) is 0 Å². The Bertz CT molecular complexity index is 562. The predicted octanol–water partition coefficient (Wildman–Crippen LogP) is 3.07. The van der Waals surface area contributed by atoms with Crippen LogP contribution in [0.25, 0.3) is 0 Å². The predicted molar refractivity (Wildman–Crippen MR) is 113 cm³/mol. The van der Waals surface area contributed by atoms with Gasteiger partial charge in [0.25, 0.3) is 0 Å². The molecule has 2 aliphatic heterocycles. The number of nitrogens with one attached hydrogen (secondary N) is 1. The van der Waals surface area contributed by atoms with Gasteiger partial charge in [0.05, 0.1) is 10.7 Å². The highest BCUT2D eigenvalue weighted by molar-refractivity contribution is 7.09. The fourth-order valence-corrected chi connectivity index (χ4v) is 4.28. The molecule has 26 heavy (non-hydrogen) atoms. The molecule has 2 saturated heterocycles. The zero-order chi connectivity index (χ0) is 17.2. The van der Waals surface area contributed by atoms with Crippen molar-refractivity contribution in [2.75, 3.05) is 32.7 Å². The third kappa shape index (κ3) is 6.34. The zero-order valence-electron chi connectivity index (χ0n) is 16.0. The van der Waals surface area contributed by atoms with Crippen molar-refractivity contribution in [3.63, 3.8) is 0 Å². The number of thiazole rings is 1. The Hall–Kier alpha value is -0.400. The van der Waals surface area contributed by atoms with Crippen LogP contribution in [0.5, 0.6) is 0 Å². The van der Waals surface area contributed by atoms with Gasteiger partial charge in [0.15, 0.2) is 0 Å². The van der Waals surface area contributed by atoms with Crippen LogP contribution in [0.4, 0.5) is 0 Å². The number of hydrogen-bond acceptors (Lipinski definition) is 5. The molecule has 0 spiro atoms. The summed E-state index contributed by atoms with van der Waals surface area (Å²) in [7, 11) is 0. The molecule has 1 unspecified atom stereocenters. The molecule has 0 saturated carbocycles. The molecule has 1 atom stereocenters. The standard InChI is InChI=1S/C18H30N4OS.2ClH/c1-18(2,3)17-20-15(13-24-17)12-21-7-9-22(10-8-21)16(23)11-14-5-4-6-19-14;;/h13-14,19H,4-12H2,1-3H3;2*1H. The molecule has 8 heteroatoms. The zero-order valence-corrected chi connectivity index (χ0v) is 18.4. The maximum absolute atomic E-state index is 12.4. The van der Waals surface area contributed by atoms with Gasteiger partial charge in [0.1, 0.15) is 0 Å². The molecule has 0 bridgehead atoms. The summed E-state index contributed by atoms with van der Waals surface area (Å²) >= 11 is 1.76. The van der Waals surface area contributed by atoms with E-state index in [4.69, 9.17) is 4.98 Å². The van der Waals surface area contributed by atoms with Crippen LogP contribution in [0.2, 0.25) is 0 Å². The van der Waals surface area contributed by atoms with E-state index in [1.807, 2.05) is 4.90 Å². The van der Waals surface area contributed by atoms with Crippen molar-refractivity contribution in [1.29, 1.82) is 0 Å². The molecule has 2 fully saturated rings. The summed E-state index contributed by atoms with van der Waals surface area (Å²) in [6.07, 6.45) is 3.02. The molecule has 1 amide bonds. The summed E-state index contributed by atoms with van der Waals surface area (Å²) in [5, 5.41) is 6.81. The highest BCUT2D eigenvalue weighted by atomic mass is 35.5. The van der Waals surface area contributed by atoms with Crippen molar-refractivity contribution < 1.29 is 4.79 Å². The first-order valence-corrected chi connectivity index (χ1v) is 9.98. The Balaban J connectivity index is 0.00000169. The van der Waals surface area contributed by atoms with Gasteiger partial charge in [-0.05, 0) is 19.4 Å². The van der Waals surface area contributed by atoms with E-state index >= 15 is 0 Å². The van der Waals surface area contributed by atoms with Gasteiger partial charge in [0, 0.05) is 56.0 Å². The quantitative estimate of drug-likeness (QED) is 0.809. The Kier molecular flexibility index (Phi) is 9.30. The normalized spacial score (nSPS) is 21.2. The average molecular weight is 423 g/mol. The molecule has 3 rings (SSSR count). The first kappa shape index (κ1) is 23.6. The molecule has 0 radical (unpaired) electrons. The Morgan fingerprint density at radius 1 is 1.27 bits per heavy atom. The third-order valence-electron chi connectivity index (χ3n) is 4.89. The highest BCUT2D eigenvalue weighted by Crippen LogP contribution is 2.26. The second kappa shape index (κ2) is 10.2. The van der Waals surface area contributed by atoms with Crippen LogP contribution in [0.1, 0.15) is 50.7 Å². The van der Waals surface area contributed by atoms with E-state index in [0.29, 0.717) is 18.4 Å². The molecule has 3 heterocycles. The number of carbonyl (C=O) groups excluding carboxylic acids is 1. The maximum Gasteiger partial charge on any atom is 0.224 e. The SMILES string of the molecule is CC(C)(C)c1nc(CN2CCN(C(=O)CC3CCCN3)CC2)cs1.Cl.Cl. The number of carbonyl (C=O) groups is 1. The number of hydrogen-bond donors (Lipinski definition) is 1. The molecule has 0 aromatic carbocycles. The third-order valence-corrected chi connectivity index (χ3v) is 6.20. The number of piperazine rings is 1. The van der Waals surface area contributed by atoms with Crippen molar-refractivity contribution in [3.05, 3.63) is 16.1 Å². The van der Waals surface area contributed by atoms with E-state index in [1.165, 1.54) is 17.1 Å². The van der Waals surface area contributed by atoms with Gasteiger partial charge in [0.2, 0.25) is 5.91 Å². The van der Waals surface area contributed by atoms with Crippen LogP contribution < -0.4 is 5.32 Å². The molecule has 0 aliphatic carbocycles. The second-order valence-electron chi connectivity index (χ2n) is 8.05. The number of nitrogens with zero attached hydrogens (tertiary/aromatic N) is 3. The lowest BCUT2D eigenvalue weighted by molar-refractivity contribution is -0.133. The maximum atomic E-state index is 12.4. The lowest BCUT2D eigenvalue weighted by Crippen LogP contribution is -2.49. The number of aromatic nitrogens is 1. The van der Waals surface area contributed by atoms with Gasteiger partial charge >= 0.3 is 0 Å². The van der Waals surface area contributed by atoms with Crippen molar-refractivity contribution >= 4 is 42.1 Å². The van der Waals surface area contributed by atoms with Crippen LogP contribution in [-0.2, 0) is 16.8 Å². The van der Waals surface area contributed by atoms with E-state index in [2.05, 4.69) is 36.4 Å². The van der Waals surface area contributed by atoms with Crippen LogP contribution >= 0.6 is 36.2 Å². The summed E-state index contributed by atoms with van der Waals surface area (Å²) in [6.45, 7) is 12.2. The summed E-state index contributed by atoms with van der Waals surface area (Å²) in [4.78, 5) is 21.6. The van der Waals surface area contributed by atoms with Crippen molar-refractivity contribution in [1.82, 2.24) is 20.1 Å². The molecule has 1 aromatic heterocycles. The molecular formula is C18H32Cl2N4OS. The van der Waals surface area contributed by atoms with Crippen LogP contribution in [0.3, 0.4) is 0 Å². The van der Waals surface area contributed by atoms with Crippen molar-refractivity contribution in [2.45, 2.75) is 58.0 Å². The molecule has 150 valence electrons. The Morgan fingerprint density at radius 2 is 1.96 bits per heavy atom. The topological polar surface area (TPSA) is 48.5 Å². The smallest absolute Gasteiger partial charge is 0.224 e. The van der Waals surface area contributed by atoms with E-state index in [0.717, 1.165) is 45.7 Å². The van der Waals surface area contributed by atoms with Gasteiger partial charge in [-0.25, -0.2) is 4.98 Å². The summed E-state index contributed by atoms with van der Waals surface area (Å²) in [5.74, 6) is 0.317. The molecular weight excluding hydrogens is 391 g/mol. The lowest BCUT2D eigenvalue weighted by atomic mass is 9.98. The van der Waals surface area contributed by atoms with Crippen LogP contribution in [0.15, 0.2) is 5.38 Å². The van der Waals surface area contributed by atoms with Gasteiger partial charge < -0.3 is 10.2 Å². The molecule has 2 aliphatic rings. The van der Waals surface area contributed by atoms with E-state index in [9.17, 15) is 4.79 Å². The first-order valence-electron chi connectivity index (χ1n) is 9.10. The Morgan fingerprint density at radius 3 is 2.50 bits per heavy atom. The minimum Gasteiger partial charge on any atom is -0.340 e. The van der Waals surface area contributed by atoms with E-state index in [-0.39, 0.29) is 30.2 Å².